The Morgan fingerprint density at radius 3 is 2.30 bits per heavy atom. The molecule has 3 rings (SSSR count). The van der Waals surface area contributed by atoms with Crippen LogP contribution in [0.5, 0.6) is 0 Å². The zero-order valence-corrected chi connectivity index (χ0v) is 14.2. The monoisotopic (exact) mass is 399 g/mol. The molecule has 0 bridgehead atoms. The maximum atomic E-state index is 13.8. The van der Waals surface area contributed by atoms with E-state index in [9.17, 15) is 31.9 Å². The Morgan fingerprint density at radius 2 is 1.74 bits per heavy atom. The van der Waals surface area contributed by atoms with Crippen molar-refractivity contribution in [2.45, 2.75) is 12.6 Å². The van der Waals surface area contributed by atoms with E-state index in [1.807, 2.05) is 0 Å². The number of hydrogen-bond acceptors (Lipinski definition) is 3. The number of benzene rings is 2. The molecular formula is C18H10F5NO2S. The van der Waals surface area contributed by atoms with Gasteiger partial charge in [0.05, 0.1) is 11.3 Å². The number of halogens is 5. The molecule has 1 heterocycles. The van der Waals surface area contributed by atoms with E-state index in [1.165, 1.54) is 18.2 Å². The van der Waals surface area contributed by atoms with E-state index in [0.29, 0.717) is 11.6 Å². The molecule has 9 heteroatoms. The van der Waals surface area contributed by atoms with Gasteiger partial charge >= 0.3 is 12.1 Å². The largest absolute Gasteiger partial charge is 0.477 e. The standard InChI is InChI=1S/C18H10F5NO2S/c19-12-6-3-10(13(20)8-12)7-14-15(17(25)26)27-16(24-14)9-1-4-11(5-2-9)18(21,22)23/h1-6,8H,7H2,(H,25,26). The number of aromatic nitrogens is 1. The Morgan fingerprint density at radius 1 is 1.07 bits per heavy atom. The predicted octanol–water partition coefficient (Wildman–Crippen LogP) is 5.40. The summed E-state index contributed by atoms with van der Waals surface area (Å²) in [5.74, 6) is -2.89. The van der Waals surface area contributed by atoms with E-state index < -0.39 is 29.3 Å². The molecule has 1 aromatic heterocycles. The van der Waals surface area contributed by atoms with Gasteiger partial charge in [0, 0.05) is 18.1 Å². The van der Waals surface area contributed by atoms with Crippen LogP contribution in [0.25, 0.3) is 10.6 Å². The highest BCUT2D eigenvalue weighted by Gasteiger charge is 2.30. The smallest absolute Gasteiger partial charge is 0.416 e. The molecule has 2 aromatic carbocycles. The maximum absolute atomic E-state index is 13.8. The lowest BCUT2D eigenvalue weighted by molar-refractivity contribution is -0.137. The van der Waals surface area contributed by atoms with Crippen molar-refractivity contribution in [3.8, 4) is 10.6 Å². The SMILES string of the molecule is O=C(O)c1sc(-c2ccc(C(F)(F)F)cc2)nc1Cc1ccc(F)cc1F. The molecule has 0 unspecified atom stereocenters. The first-order valence-electron chi connectivity index (χ1n) is 7.49. The Balaban J connectivity index is 1.97. The third-order valence-corrected chi connectivity index (χ3v) is 4.86. The Labute approximate surface area is 153 Å². The molecule has 0 fully saturated rings. The Hall–Kier alpha value is -2.81. The van der Waals surface area contributed by atoms with Gasteiger partial charge in [-0.15, -0.1) is 11.3 Å². The fraction of sp³-hybridized carbons (Fsp3) is 0.111. The van der Waals surface area contributed by atoms with Gasteiger partial charge in [-0.05, 0) is 23.8 Å². The lowest BCUT2D eigenvalue weighted by Gasteiger charge is -2.06. The topological polar surface area (TPSA) is 50.2 Å². The number of thiazole rings is 1. The van der Waals surface area contributed by atoms with Crippen molar-refractivity contribution in [2.24, 2.45) is 0 Å². The molecule has 0 spiro atoms. The summed E-state index contributed by atoms with van der Waals surface area (Å²) in [7, 11) is 0. The van der Waals surface area contributed by atoms with Crippen LogP contribution in [0.1, 0.15) is 26.5 Å². The van der Waals surface area contributed by atoms with E-state index in [2.05, 4.69) is 4.98 Å². The van der Waals surface area contributed by atoms with Gasteiger partial charge in [0.1, 0.15) is 21.5 Å². The van der Waals surface area contributed by atoms with Gasteiger partial charge in [-0.3, -0.25) is 0 Å². The average Bonchev–Trinajstić information content (AvgIpc) is 3.01. The number of nitrogens with zero attached hydrogens (tertiary/aromatic N) is 1. The number of alkyl halides is 3. The van der Waals surface area contributed by atoms with Crippen LogP contribution in [-0.2, 0) is 12.6 Å². The predicted molar refractivity (Wildman–Crippen MR) is 88.7 cm³/mol. The number of carboxylic acid groups (broad SMARTS) is 1. The van der Waals surface area contributed by atoms with Crippen molar-refractivity contribution < 1.29 is 31.9 Å². The van der Waals surface area contributed by atoms with Crippen molar-refractivity contribution >= 4 is 17.3 Å². The first-order valence-corrected chi connectivity index (χ1v) is 8.31. The van der Waals surface area contributed by atoms with Crippen LogP contribution in [0.15, 0.2) is 42.5 Å². The van der Waals surface area contributed by atoms with Crippen molar-refractivity contribution in [2.75, 3.05) is 0 Å². The molecular weight excluding hydrogens is 389 g/mol. The second-order valence-electron chi connectivity index (χ2n) is 5.59. The highest BCUT2D eigenvalue weighted by atomic mass is 32.1. The molecule has 3 aromatic rings. The van der Waals surface area contributed by atoms with Gasteiger partial charge in [-0.2, -0.15) is 13.2 Å². The van der Waals surface area contributed by atoms with Crippen LogP contribution in [0, 0.1) is 11.6 Å². The van der Waals surface area contributed by atoms with E-state index in [1.54, 1.807) is 0 Å². The second kappa shape index (κ2) is 7.07. The maximum Gasteiger partial charge on any atom is 0.416 e. The van der Waals surface area contributed by atoms with Crippen LogP contribution in [-0.4, -0.2) is 16.1 Å². The molecule has 0 radical (unpaired) electrons. The Bertz CT molecular complexity index is 996. The molecule has 27 heavy (non-hydrogen) atoms. The summed E-state index contributed by atoms with van der Waals surface area (Å²) in [5.41, 5.74) is -0.424. The summed E-state index contributed by atoms with van der Waals surface area (Å²) in [6.07, 6.45) is -4.68. The molecule has 1 N–H and O–H groups in total. The van der Waals surface area contributed by atoms with Gasteiger partial charge < -0.3 is 5.11 Å². The molecule has 0 saturated heterocycles. The van der Waals surface area contributed by atoms with Crippen molar-refractivity contribution in [3.63, 3.8) is 0 Å². The zero-order chi connectivity index (χ0) is 19.8. The second-order valence-corrected chi connectivity index (χ2v) is 6.59. The number of hydrogen-bond donors (Lipinski definition) is 1. The third kappa shape index (κ3) is 4.13. The summed E-state index contributed by atoms with van der Waals surface area (Å²) >= 11 is 0.774. The number of aromatic carboxylic acids is 1. The normalized spacial score (nSPS) is 11.6. The summed E-state index contributed by atoms with van der Waals surface area (Å²) in [4.78, 5) is 15.4. The van der Waals surface area contributed by atoms with Gasteiger partial charge in [-0.1, -0.05) is 18.2 Å². The minimum absolute atomic E-state index is 0.0490. The Kier molecular flexibility index (Phi) is 4.97. The number of carbonyl (C=O) groups is 1. The first kappa shape index (κ1) is 19.0. The fourth-order valence-electron chi connectivity index (χ4n) is 2.41. The molecule has 0 aliphatic heterocycles. The van der Waals surface area contributed by atoms with E-state index in [4.69, 9.17) is 0 Å². The van der Waals surface area contributed by atoms with E-state index >= 15 is 0 Å². The van der Waals surface area contributed by atoms with Crippen molar-refractivity contribution in [1.82, 2.24) is 4.98 Å². The molecule has 0 aliphatic rings. The molecule has 0 aliphatic carbocycles. The van der Waals surface area contributed by atoms with Gasteiger partial charge in [0.15, 0.2) is 0 Å². The van der Waals surface area contributed by atoms with Crippen LogP contribution >= 0.6 is 11.3 Å². The van der Waals surface area contributed by atoms with E-state index in [0.717, 1.165) is 29.5 Å². The van der Waals surface area contributed by atoms with Crippen molar-refractivity contribution in [1.29, 1.82) is 0 Å². The van der Waals surface area contributed by atoms with Gasteiger partial charge in [-0.25, -0.2) is 18.6 Å². The van der Waals surface area contributed by atoms with Crippen LogP contribution < -0.4 is 0 Å². The number of rotatable bonds is 4. The average molecular weight is 399 g/mol. The lowest BCUT2D eigenvalue weighted by atomic mass is 10.1. The first-order chi connectivity index (χ1) is 12.6. The van der Waals surface area contributed by atoms with Gasteiger partial charge in [0.2, 0.25) is 0 Å². The third-order valence-electron chi connectivity index (χ3n) is 3.72. The molecule has 3 nitrogen and oxygen atoms in total. The molecule has 0 amide bonds. The minimum atomic E-state index is -4.49. The number of carboxylic acids is 1. The van der Waals surface area contributed by atoms with Crippen LogP contribution in [0.3, 0.4) is 0 Å². The van der Waals surface area contributed by atoms with E-state index in [-0.39, 0.29) is 27.6 Å². The summed E-state index contributed by atoms with van der Waals surface area (Å²) in [6, 6.07) is 7.03. The highest BCUT2D eigenvalue weighted by molar-refractivity contribution is 7.17. The van der Waals surface area contributed by atoms with Crippen LogP contribution in [0.4, 0.5) is 22.0 Å². The quantitative estimate of drug-likeness (QED) is 0.598. The minimum Gasteiger partial charge on any atom is -0.477 e. The fourth-order valence-corrected chi connectivity index (χ4v) is 3.34. The van der Waals surface area contributed by atoms with Crippen LogP contribution in [0.2, 0.25) is 0 Å². The van der Waals surface area contributed by atoms with Gasteiger partial charge in [0.25, 0.3) is 0 Å². The zero-order valence-electron chi connectivity index (χ0n) is 13.3. The summed E-state index contributed by atoms with van der Waals surface area (Å²) in [6.45, 7) is 0. The summed E-state index contributed by atoms with van der Waals surface area (Å²) < 4.78 is 64.8. The molecule has 140 valence electrons. The molecule has 0 atom stereocenters. The summed E-state index contributed by atoms with van der Waals surface area (Å²) in [5, 5.41) is 9.53. The lowest BCUT2D eigenvalue weighted by Crippen LogP contribution is -2.04. The molecule has 0 saturated carbocycles. The highest BCUT2D eigenvalue weighted by Crippen LogP contribution is 2.33. The van der Waals surface area contributed by atoms with Crippen molar-refractivity contribution in [3.05, 3.63) is 75.8 Å².